The molecule has 0 bridgehead atoms. The van der Waals surface area contributed by atoms with Crippen LogP contribution in [0.15, 0.2) is 36.4 Å². The summed E-state index contributed by atoms with van der Waals surface area (Å²) in [5.74, 6) is 0. The molecule has 0 amide bonds. The molecule has 0 unspecified atom stereocenters. The SMILES string of the molecule is Clc1ccc(CC=CCBr)cc1. The molecule has 0 spiro atoms. The zero-order chi connectivity index (χ0) is 8.81. The molecule has 1 aromatic carbocycles. The number of hydrogen-bond donors (Lipinski definition) is 0. The van der Waals surface area contributed by atoms with Crippen LogP contribution in [-0.2, 0) is 6.42 Å². The second-order valence-electron chi connectivity index (χ2n) is 2.46. The second-order valence-corrected chi connectivity index (χ2v) is 3.54. The van der Waals surface area contributed by atoms with Gasteiger partial charge in [0.05, 0.1) is 0 Å². The maximum atomic E-state index is 5.75. The molecule has 64 valence electrons. The third-order valence-electron chi connectivity index (χ3n) is 1.52. The van der Waals surface area contributed by atoms with Crippen molar-refractivity contribution in [2.75, 3.05) is 5.33 Å². The predicted molar refractivity (Wildman–Crippen MR) is 58.1 cm³/mol. The van der Waals surface area contributed by atoms with Crippen molar-refractivity contribution in [1.29, 1.82) is 0 Å². The molecule has 0 atom stereocenters. The van der Waals surface area contributed by atoms with Crippen molar-refractivity contribution < 1.29 is 0 Å². The van der Waals surface area contributed by atoms with E-state index in [0.29, 0.717) is 0 Å². The third-order valence-corrected chi connectivity index (χ3v) is 2.15. The number of allylic oxidation sites excluding steroid dienone is 2. The first-order valence-electron chi connectivity index (χ1n) is 3.78. The average molecular weight is 246 g/mol. The number of rotatable bonds is 3. The number of benzene rings is 1. The first-order valence-corrected chi connectivity index (χ1v) is 5.28. The van der Waals surface area contributed by atoms with Crippen molar-refractivity contribution in [3.05, 3.63) is 47.0 Å². The van der Waals surface area contributed by atoms with Gasteiger partial charge in [-0.05, 0) is 24.1 Å². The fraction of sp³-hybridized carbons (Fsp3) is 0.200. The van der Waals surface area contributed by atoms with E-state index >= 15 is 0 Å². The summed E-state index contributed by atoms with van der Waals surface area (Å²) < 4.78 is 0. The molecule has 0 aliphatic carbocycles. The van der Waals surface area contributed by atoms with Gasteiger partial charge < -0.3 is 0 Å². The summed E-state index contributed by atoms with van der Waals surface area (Å²) in [4.78, 5) is 0. The summed E-state index contributed by atoms with van der Waals surface area (Å²) in [5.41, 5.74) is 1.29. The van der Waals surface area contributed by atoms with E-state index in [1.807, 2.05) is 24.3 Å². The lowest BCUT2D eigenvalue weighted by atomic mass is 10.1. The molecule has 1 rings (SSSR count). The quantitative estimate of drug-likeness (QED) is 0.561. The maximum absolute atomic E-state index is 5.75. The Hall–Kier alpha value is -0.270. The molecule has 0 aromatic heterocycles. The van der Waals surface area contributed by atoms with Crippen LogP contribution < -0.4 is 0 Å². The lowest BCUT2D eigenvalue weighted by Crippen LogP contribution is -1.79. The highest BCUT2D eigenvalue weighted by molar-refractivity contribution is 9.09. The van der Waals surface area contributed by atoms with Gasteiger partial charge in [-0.1, -0.05) is 51.8 Å². The third kappa shape index (κ3) is 3.42. The van der Waals surface area contributed by atoms with Gasteiger partial charge in [-0.25, -0.2) is 0 Å². The Morgan fingerprint density at radius 2 is 1.83 bits per heavy atom. The van der Waals surface area contributed by atoms with E-state index < -0.39 is 0 Å². The average Bonchev–Trinajstić information content (AvgIpc) is 2.09. The molecule has 0 fully saturated rings. The molecular formula is C10H10BrCl. The first-order chi connectivity index (χ1) is 5.83. The highest BCUT2D eigenvalue weighted by Gasteiger charge is 1.88. The van der Waals surface area contributed by atoms with Crippen molar-refractivity contribution >= 4 is 27.5 Å². The van der Waals surface area contributed by atoms with Crippen LogP contribution in [0.1, 0.15) is 5.56 Å². The van der Waals surface area contributed by atoms with Gasteiger partial charge in [-0.3, -0.25) is 0 Å². The van der Waals surface area contributed by atoms with Crippen molar-refractivity contribution in [3.63, 3.8) is 0 Å². The summed E-state index contributed by atoms with van der Waals surface area (Å²) in [6, 6.07) is 7.92. The van der Waals surface area contributed by atoms with Crippen molar-refractivity contribution in [2.24, 2.45) is 0 Å². The van der Waals surface area contributed by atoms with Crippen LogP contribution in [0.2, 0.25) is 5.02 Å². The zero-order valence-electron chi connectivity index (χ0n) is 6.63. The van der Waals surface area contributed by atoms with Crippen LogP contribution in [0.4, 0.5) is 0 Å². The molecule has 0 aliphatic heterocycles. The monoisotopic (exact) mass is 244 g/mol. The molecular weight excluding hydrogens is 235 g/mol. The minimum absolute atomic E-state index is 0.795. The Bertz CT molecular complexity index is 251. The Morgan fingerprint density at radius 3 is 2.42 bits per heavy atom. The van der Waals surface area contributed by atoms with Gasteiger partial charge >= 0.3 is 0 Å². The van der Waals surface area contributed by atoms with E-state index in [2.05, 4.69) is 28.1 Å². The highest BCUT2D eigenvalue weighted by atomic mass is 79.9. The van der Waals surface area contributed by atoms with Gasteiger partial charge in [0, 0.05) is 10.4 Å². The summed E-state index contributed by atoms with van der Waals surface area (Å²) in [6.07, 6.45) is 5.20. The Morgan fingerprint density at radius 1 is 1.17 bits per heavy atom. The van der Waals surface area contributed by atoms with Gasteiger partial charge in [0.1, 0.15) is 0 Å². The van der Waals surface area contributed by atoms with Gasteiger partial charge in [0.25, 0.3) is 0 Å². The summed E-state index contributed by atoms with van der Waals surface area (Å²) in [6.45, 7) is 0. The first kappa shape index (κ1) is 9.82. The standard InChI is InChI=1S/C10H10BrCl/c11-8-2-1-3-9-4-6-10(12)7-5-9/h1-2,4-7H,3,8H2. The fourth-order valence-corrected chi connectivity index (χ4v) is 1.29. The van der Waals surface area contributed by atoms with Crippen LogP contribution in [0.5, 0.6) is 0 Å². The number of alkyl halides is 1. The molecule has 0 saturated heterocycles. The van der Waals surface area contributed by atoms with E-state index in [1.165, 1.54) is 5.56 Å². The molecule has 0 heterocycles. The molecule has 2 heteroatoms. The predicted octanol–water partition coefficient (Wildman–Crippen LogP) is 3.83. The molecule has 0 nitrogen and oxygen atoms in total. The lowest BCUT2D eigenvalue weighted by Gasteiger charge is -1.95. The molecule has 1 aromatic rings. The van der Waals surface area contributed by atoms with Gasteiger partial charge in [-0.15, -0.1) is 0 Å². The van der Waals surface area contributed by atoms with Crippen molar-refractivity contribution in [2.45, 2.75) is 6.42 Å². The van der Waals surface area contributed by atoms with Gasteiger partial charge in [0.15, 0.2) is 0 Å². The minimum Gasteiger partial charge on any atom is -0.0883 e. The minimum atomic E-state index is 0.795. The van der Waals surface area contributed by atoms with Crippen molar-refractivity contribution in [1.82, 2.24) is 0 Å². The van der Waals surface area contributed by atoms with Crippen molar-refractivity contribution in [3.8, 4) is 0 Å². The fourth-order valence-electron chi connectivity index (χ4n) is 0.903. The summed E-state index contributed by atoms with van der Waals surface area (Å²) >= 11 is 9.07. The zero-order valence-corrected chi connectivity index (χ0v) is 8.98. The summed E-state index contributed by atoms with van der Waals surface area (Å²) in [5, 5.41) is 1.71. The van der Waals surface area contributed by atoms with E-state index in [1.54, 1.807) is 0 Å². The second kappa shape index (κ2) is 5.39. The molecule has 0 aliphatic rings. The smallest absolute Gasteiger partial charge is 0.0406 e. The van der Waals surface area contributed by atoms with Crippen LogP contribution in [0.3, 0.4) is 0 Å². The number of hydrogen-bond acceptors (Lipinski definition) is 0. The van der Waals surface area contributed by atoms with Gasteiger partial charge in [-0.2, -0.15) is 0 Å². The van der Waals surface area contributed by atoms with Gasteiger partial charge in [0.2, 0.25) is 0 Å². The Labute approximate surface area is 86.4 Å². The van der Waals surface area contributed by atoms with Crippen LogP contribution in [0.25, 0.3) is 0 Å². The highest BCUT2D eigenvalue weighted by Crippen LogP contribution is 2.10. The maximum Gasteiger partial charge on any atom is 0.0406 e. The van der Waals surface area contributed by atoms with E-state index in [9.17, 15) is 0 Å². The molecule has 12 heavy (non-hydrogen) atoms. The van der Waals surface area contributed by atoms with Crippen LogP contribution in [-0.4, -0.2) is 5.33 Å². The summed E-state index contributed by atoms with van der Waals surface area (Å²) in [7, 11) is 0. The Kier molecular flexibility index (Phi) is 4.41. The van der Waals surface area contributed by atoms with Crippen LogP contribution >= 0.6 is 27.5 Å². The van der Waals surface area contributed by atoms with E-state index in [0.717, 1.165) is 16.8 Å². The van der Waals surface area contributed by atoms with E-state index in [-0.39, 0.29) is 0 Å². The van der Waals surface area contributed by atoms with Crippen LogP contribution in [0, 0.1) is 0 Å². The normalized spacial score (nSPS) is 10.8. The molecule has 0 radical (unpaired) electrons. The largest absolute Gasteiger partial charge is 0.0883 e. The van der Waals surface area contributed by atoms with E-state index in [4.69, 9.17) is 11.6 Å². The lowest BCUT2D eigenvalue weighted by molar-refractivity contribution is 1.27. The molecule has 0 saturated carbocycles. The molecule has 0 N–H and O–H groups in total. The number of halogens is 2. The topological polar surface area (TPSA) is 0 Å². The Balaban J connectivity index is 2.53.